The van der Waals surface area contributed by atoms with Crippen molar-refractivity contribution >= 4 is 11.6 Å². The van der Waals surface area contributed by atoms with Gasteiger partial charge >= 0.3 is 0 Å². The minimum absolute atomic E-state index is 0.416. The van der Waals surface area contributed by atoms with E-state index in [1.165, 1.54) is 12.0 Å². The smallest absolute Gasteiger partial charge is 0.0406 e. The van der Waals surface area contributed by atoms with Gasteiger partial charge in [-0.1, -0.05) is 58.4 Å². The molecule has 0 amide bonds. The summed E-state index contributed by atoms with van der Waals surface area (Å²) in [5.41, 5.74) is 1.79. The highest BCUT2D eigenvalue weighted by Crippen LogP contribution is 2.21. The zero-order valence-corrected chi connectivity index (χ0v) is 11.4. The summed E-state index contributed by atoms with van der Waals surface area (Å²) in [5.74, 6) is 0. The third kappa shape index (κ3) is 7.44. The van der Waals surface area contributed by atoms with Crippen molar-refractivity contribution in [2.45, 2.75) is 47.5 Å². The highest BCUT2D eigenvalue weighted by molar-refractivity contribution is 6.30. The van der Waals surface area contributed by atoms with Gasteiger partial charge in [0.15, 0.2) is 0 Å². The van der Waals surface area contributed by atoms with Crippen LogP contribution in [0, 0.1) is 5.41 Å². The molecule has 15 heavy (non-hydrogen) atoms. The summed E-state index contributed by atoms with van der Waals surface area (Å²) >= 11 is 5.80. The van der Waals surface area contributed by atoms with Crippen molar-refractivity contribution in [3.63, 3.8) is 0 Å². The predicted octanol–water partition coefficient (Wildman–Crippen LogP) is 5.34. The van der Waals surface area contributed by atoms with Gasteiger partial charge < -0.3 is 0 Å². The normalized spacial score (nSPS) is 10.5. The van der Waals surface area contributed by atoms with E-state index in [-0.39, 0.29) is 0 Å². The van der Waals surface area contributed by atoms with Gasteiger partial charge in [-0.15, -0.1) is 0 Å². The Bertz CT molecular complexity index is 254. The van der Waals surface area contributed by atoms with E-state index in [9.17, 15) is 0 Å². The molecule has 0 aliphatic carbocycles. The lowest BCUT2D eigenvalue weighted by molar-refractivity contribution is 0.378. The quantitative estimate of drug-likeness (QED) is 0.638. The molecule has 0 aliphatic rings. The first-order valence-corrected chi connectivity index (χ1v) is 6.10. The first kappa shape index (κ1) is 14.5. The fourth-order valence-electron chi connectivity index (χ4n) is 1.17. The van der Waals surface area contributed by atoms with Gasteiger partial charge in [-0.2, -0.15) is 0 Å². The molecule has 0 fully saturated rings. The van der Waals surface area contributed by atoms with Crippen molar-refractivity contribution in [3.8, 4) is 0 Å². The Hall–Kier alpha value is -0.490. The summed E-state index contributed by atoms with van der Waals surface area (Å²) in [6, 6.07) is 8.13. The standard InChI is InChI=1S/C12H17Cl.C2H6/c1-12(2,3)9-8-10-4-6-11(13)7-5-10;1-2/h4-7H,8-9H2,1-3H3;1-2H3. The number of aryl methyl sites for hydroxylation is 1. The molecule has 0 saturated carbocycles. The molecule has 0 spiro atoms. The maximum Gasteiger partial charge on any atom is 0.0406 e. The van der Waals surface area contributed by atoms with E-state index in [1.807, 2.05) is 26.0 Å². The number of hydrogen-bond donors (Lipinski definition) is 0. The SMILES string of the molecule is CC.CC(C)(C)CCc1ccc(Cl)cc1. The van der Waals surface area contributed by atoms with Crippen molar-refractivity contribution in [2.24, 2.45) is 5.41 Å². The summed E-state index contributed by atoms with van der Waals surface area (Å²) in [7, 11) is 0. The van der Waals surface area contributed by atoms with Gasteiger partial charge in [-0.3, -0.25) is 0 Å². The number of hydrogen-bond acceptors (Lipinski definition) is 0. The van der Waals surface area contributed by atoms with E-state index in [0.29, 0.717) is 5.41 Å². The van der Waals surface area contributed by atoms with Crippen LogP contribution in [-0.4, -0.2) is 0 Å². The third-order valence-electron chi connectivity index (χ3n) is 2.08. The fourth-order valence-corrected chi connectivity index (χ4v) is 1.30. The maximum atomic E-state index is 5.80. The highest BCUT2D eigenvalue weighted by atomic mass is 35.5. The first-order valence-electron chi connectivity index (χ1n) is 5.72. The van der Waals surface area contributed by atoms with Crippen LogP contribution >= 0.6 is 11.6 Å². The van der Waals surface area contributed by atoms with Gasteiger partial charge in [0, 0.05) is 5.02 Å². The van der Waals surface area contributed by atoms with Crippen LogP contribution in [0.3, 0.4) is 0 Å². The summed E-state index contributed by atoms with van der Waals surface area (Å²) in [4.78, 5) is 0. The molecule has 0 aliphatic heterocycles. The van der Waals surface area contributed by atoms with Crippen molar-refractivity contribution < 1.29 is 0 Å². The van der Waals surface area contributed by atoms with E-state index >= 15 is 0 Å². The van der Waals surface area contributed by atoms with Crippen LogP contribution in [0.25, 0.3) is 0 Å². The largest absolute Gasteiger partial charge is 0.0843 e. The number of rotatable bonds is 2. The van der Waals surface area contributed by atoms with Crippen LogP contribution in [0.2, 0.25) is 5.02 Å². The van der Waals surface area contributed by atoms with Crippen molar-refractivity contribution in [1.82, 2.24) is 0 Å². The molecular weight excluding hydrogens is 204 g/mol. The lowest BCUT2D eigenvalue weighted by atomic mass is 9.89. The van der Waals surface area contributed by atoms with E-state index in [0.717, 1.165) is 11.4 Å². The van der Waals surface area contributed by atoms with Gasteiger partial charge in [0.25, 0.3) is 0 Å². The Morgan fingerprint density at radius 2 is 1.47 bits per heavy atom. The van der Waals surface area contributed by atoms with E-state index in [1.54, 1.807) is 0 Å². The van der Waals surface area contributed by atoms with E-state index in [2.05, 4.69) is 32.9 Å². The molecule has 0 unspecified atom stereocenters. The van der Waals surface area contributed by atoms with Gasteiger partial charge in [-0.25, -0.2) is 0 Å². The van der Waals surface area contributed by atoms with Crippen molar-refractivity contribution in [2.75, 3.05) is 0 Å². The highest BCUT2D eigenvalue weighted by Gasteiger charge is 2.09. The van der Waals surface area contributed by atoms with Crippen molar-refractivity contribution in [1.29, 1.82) is 0 Å². The molecule has 0 saturated heterocycles. The van der Waals surface area contributed by atoms with Gasteiger partial charge in [0.05, 0.1) is 0 Å². The lowest BCUT2D eigenvalue weighted by Gasteiger charge is -2.17. The fraction of sp³-hybridized carbons (Fsp3) is 0.571. The first-order chi connectivity index (χ1) is 6.97. The van der Waals surface area contributed by atoms with Gasteiger partial charge in [0.2, 0.25) is 0 Å². The molecular formula is C14H23Cl. The van der Waals surface area contributed by atoms with Crippen LogP contribution in [0.4, 0.5) is 0 Å². The van der Waals surface area contributed by atoms with Crippen LogP contribution in [0.15, 0.2) is 24.3 Å². The van der Waals surface area contributed by atoms with Gasteiger partial charge in [0.1, 0.15) is 0 Å². The predicted molar refractivity (Wildman–Crippen MR) is 70.6 cm³/mol. The van der Waals surface area contributed by atoms with Crippen LogP contribution in [0.5, 0.6) is 0 Å². The number of benzene rings is 1. The average molecular weight is 227 g/mol. The molecule has 1 aromatic rings. The van der Waals surface area contributed by atoms with Crippen LogP contribution in [0.1, 0.15) is 46.6 Å². The Kier molecular flexibility index (Phi) is 6.67. The minimum atomic E-state index is 0.416. The zero-order valence-electron chi connectivity index (χ0n) is 10.6. The monoisotopic (exact) mass is 226 g/mol. The molecule has 0 N–H and O–H groups in total. The molecule has 1 heteroatoms. The van der Waals surface area contributed by atoms with Crippen LogP contribution in [-0.2, 0) is 6.42 Å². The molecule has 0 aromatic heterocycles. The molecule has 1 rings (SSSR count). The molecule has 1 aromatic carbocycles. The summed E-state index contributed by atoms with van der Waals surface area (Å²) in [6.45, 7) is 10.8. The average Bonchev–Trinajstić information content (AvgIpc) is 2.19. The lowest BCUT2D eigenvalue weighted by Crippen LogP contribution is -2.06. The van der Waals surface area contributed by atoms with Gasteiger partial charge in [-0.05, 0) is 36.0 Å². The number of halogens is 1. The maximum absolute atomic E-state index is 5.80. The molecule has 0 radical (unpaired) electrons. The second kappa shape index (κ2) is 6.90. The Morgan fingerprint density at radius 3 is 1.87 bits per heavy atom. The minimum Gasteiger partial charge on any atom is -0.0843 e. The molecule has 0 nitrogen and oxygen atoms in total. The molecule has 0 bridgehead atoms. The summed E-state index contributed by atoms with van der Waals surface area (Å²) in [6.07, 6.45) is 2.36. The second-order valence-electron chi connectivity index (χ2n) is 4.69. The molecule has 86 valence electrons. The molecule has 0 atom stereocenters. The molecule has 0 heterocycles. The Morgan fingerprint density at radius 1 is 1.00 bits per heavy atom. The Labute approximate surface area is 99.7 Å². The third-order valence-corrected chi connectivity index (χ3v) is 2.33. The summed E-state index contributed by atoms with van der Waals surface area (Å²) in [5, 5.41) is 0.819. The zero-order chi connectivity index (χ0) is 11.9. The summed E-state index contributed by atoms with van der Waals surface area (Å²) < 4.78 is 0. The van der Waals surface area contributed by atoms with Crippen LogP contribution < -0.4 is 0 Å². The van der Waals surface area contributed by atoms with E-state index < -0.39 is 0 Å². The van der Waals surface area contributed by atoms with Crippen molar-refractivity contribution in [3.05, 3.63) is 34.9 Å². The Balaban J connectivity index is 0.000000921. The second-order valence-corrected chi connectivity index (χ2v) is 5.12. The topological polar surface area (TPSA) is 0 Å². The van der Waals surface area contributed by atoms with E-state index in [4.69, 9.17) is 11.6 Å².